The van der Waals surface area contributed by atoms with Crippen LogP contribution in [0.5, 0.6) is 0 Å². The molecular formula is C61H121NO3. The zero-order chi connectivity index (χ0) is 47.0. The van der Waals surface area contributed by atoms with Crippen LogP contribution in [0.2, 0.25) is 0 Å². The summed E-state index contributed by atoms with van der Waals surface area (Å²) < 4.78 is 0. The molecule has 3 N–H and O–H groups in total. The molecule has 0 fully saturated rings. The second-order valence-corrected chi connectivity index (χ2v) is 21.1. The van der Waals surface area contributed by atoms with Crippen molar-refractivity contribution >= 4 is 5.91 Å². The molecule has 2 unspecified atom stereocenters. The second kappa shape index (κ2) is 57.4. The van der Waals surface area contributed by atoms with Crippen molar-refractivity contribution in [3.05, 3.63) is 12.2 Å². The van der Waals surface area contributed by atoms with Crippen molar-refractivity contribution in [3.8, 4) is 0 Å². The highest BCUT2D eigenvalue weighted by Crippen LogP contribution is 2.19. The van der Waals surface area contributed by atoms with Gasteiger partial charge in [0.05, 0.1) is 18.8 Å². The van der Waals surface area contributed by atoms with Gasteiger partial charge in [-0.05, 0) is 19.3 Å². The van der Waals surface area contributed by atoms with Crippen LogP contribution in [-0.2, 0) is 4.79 Å². The molecule has 0 saturated carbocycles. The Morgan fingerprint density at radius 1 is 0.354 bits per heavy atom. The van der Waals surface area contributed by atoms with Gasteiger partial charge in [-0.15, -0.1) is 0 Å². The van der Waals surface area contributed by atoms with Gasteiger partial charge in [0.1, 0.15) is 0 Å². The summed E-state index contributed by atoms with van der Waals surface area (Å²) in [5, 5.41) is 23.2. The maximum absolute atomic E-state index is 12.5. The van der Waals surface area contributed by atoms with Crippen LogP contribution in [0.25, 0.3) is 0 Å². The van der Waals surface area contributed by atoms with E-state index in [4.69, 9.17) is 0 Å². The SMILES string of the molecule is CCCCCCCCCCCCCCCCCCCCCCCCCCCC/C=C/C(O)C(CO)NC(=O)CCCCCCCCCCCCCCCCCCCCCCCCCCC. The van der Waals surface area contributed by atoms with Crippen LogP contribution in [0.3, 0.4) is 0 Å². The molecule has 0 aliphatic rings. The van der Waals surface area contributed by atoms with Crippen LogP contribution < -0.4 is 5.32 Å². The summed E-state index contributed by atoms with van der Waals surface area (Å²) in [7, 11) is 0. The van der Waals surface area contributed by atoms with E-state index < -0.39 is 12.1 Å². The van der Waals surface area contributed by atoms with Crippen molar-refractivity contribution in [1.82, 2.24) is 5.32 Å². The third-order valence-electron chi connectivity index (χ3n) is 14.5. The number of rotatable bonds is 57. The number of unbranched alkanes of at least 4 members (excludes halogenated alkanes) is 50. The van der Waals surface area contributed by atoms with E-state index in [0.29, 0.717) is 6.42 Å². The summed E-state index contributed by atoms with van der Waals surface area (Å²) in [5.74, 6) is -0.0546. The lowest BCUT2D eigenvalue weighted by Gasteiger charge is -2.20. The van der Waals surface area contributed by atoms with Crippen LogP contribution in [-0.4, -0.2) is 34.9 Å². The Kier molecular flexibility index (Phi) is 56.7. The van der Waals surface area contributed by atoms with E-state index >= 15 is 0 Å². The molecule has 0 spiro atoms. The van der Waals surface area contributed by atoms with Gasteiger partial charge in [0.15, 0.2) is 0 Å². The van der Waals surface area contributed by atoms with Gasteiger partial charge in [0.2, 0.25) is 5.91 Å². The molecule has 0 aromatic rings. The average molecular weight is 917 g/mol. The zero-order valence-corrected chi connectivity index (χ0v) is 44.8. The predicted molar refractivity (Wildman–Crippen MR) is 290 cm³/mol. The Morgan fingerprint density at radius 3 is 0.800 bits per heavy atom. The van der Waals surface area contributed by atoms with Crippen LogP contribution in [0, 0.1) is 0 Å². The van der Waals surface area contributed by atoms with E-state index in [9.17, 15) is 15.0 Å². The van der Waals surface area contributed by atoms with E-state index in [-0.39, 0.29) is 12.5 Å². The van der Waals surface area contributed by atoms with Gasteiger partial charge in [-0.1, -0.05) is 341 Å². The van der Waals surface area contributed by atoms with E-state index in [1.807, 2.05) is 6.08 Å². The number of allylic oxidation sites excluding steroid dienone is 1. The van der Waals surface area contributed by atoms with Crippen molar-refractivity contribution < 1.29 is 15.0 Å². The zero-order valence-electron chi connectivity index (χ0n) is 44.8. The van der Waals surface area contributed by atoms with E-state index in [0.717, 1.165) is 25.7 Å². The van der Waals surface area contributed by atoms with Crippen molar-refractivity contribution in [3.63, 3.8) is 0 Å². The molecule has 4 heteroatoms. The molecule has 0 aromatic carbocycles. The van der Waals surface area contributed by atoms with Crippen LogP contribution >= 0.6 is 0 Å². The number of amides is 1. The average Bonchev–Trinajstić information content (AvgIpc) is 3.31. The van der Waals surface area contributed by atoms with Crippen LogP contribution in [0.15, 0.2) is 12.2 Å². The number of hydrogen-bond donors (Lipinski definition) is 3. The Morgan fingerprint density at radius 2 is 0.569 bits per heavy atom. The number of aliphatic hydroxyl groups is 2. The van der Waals surface area contributed by atoms with E-state index in [1.165, 1.54) is 308 Å². The Labute approximate surface area is 409 Å². The summed E-state index contributed by atoms with van der Waals surface area (Å²) >= 11 is 0. The number of carbonyl (C=O) groups is 1. The molecule has 65 heavy (non-hydrogen) atoms. The lowest BCUT2D eigenvalue weighted by molar-refractivity contribution is -0.123. The third kappa shape index (κ3) is 53.9. The van der Waals surface area contributed by atoms with Gasteiger partial charge in [-0.3, -0.25) is 4.79 Å². The Bertz CT molecular complexity index is 905. The van der Waals surface area contributed by atoms with Crippen molar-refractivity contribution in [2.45, 2.75) is 366 Å². The number of hydrogen-bond acceptors (Lipinski definition) is 3. The van der Waals surface area contributed by atoms with Gasteiger partial charge in [-0.2, -0.15) is 0 Å². The van der Waals surface area contributed by atoms with Gasteiger partial charge >= 0.3 is 0 Å². The molecule has 0 aliphatic carbocycles. The highest BCUT2D eigenvalue weighted by molar-refractivity contribution is 5.76. The molecular weight excluding hydrogens is 795 g/mol. The maximum atomic E-state index is 12.5. The first-order chi connectivity index (χ1) is 32.2. The van der Waals surface area contributed by atoms with Crippen molar-refractivity contribution in [2.75, 3.05) is 6.61 Å². The van der Waals surface area contributed by atoms with Crippen molar-refractivity contribution in [2.24, 2.45) is 0 Å². The highest BCUT2D eigenvalue weighted by Gasteiger charge is 2.18. The number of nitrogens with one attached hydrogen (secondary N) is 1. The Hall–Kier alpha value is -0.870. The lowest BCUT2D eigenvalue weighted by atomic mass is 10.0. The summed E-state index contributed by atoms with van der Waals surface area (Å²) in [6.45, 7) is 4.36. The molecule has 0 radical (unpaired) electrons. The smallest absolute Gasteiger partial charge is 0.220 e. The maximum Gasteiger partial charge on any atom is 0.220 e. The van der Waals surface area contributed by atoms with Gasteiger partial charge in [0, 0.05) is 6.42 Å². The molecule has 388 valence electrons. The van der Waals surface area contributed by atoms with Crippen molar-refractivity contribution in [1.29, 1.82) is 0 Å². The summed E-state index contributed by atoms with van der Waals surface area (Å²) in [6, 6.07) is -0.619. The molecule has 0 heterocycles. The van der Waals surface area contributed by atoms with Gasteiger partial charge < -0.3 is 15.5 Å². The van der Waals surface area contributed by atoms with Gasteiger partial charge in [0.25, 0.3) is 0 Å². The predicted octanol–water partition coefficient (Wildman–Crippen LogP) is 20.1. The highest BCUT2D eigenvalue weighted by atomic mass is 16.3. The minimum Gasteiger partial charge on any atom is -0.394 e. The fraction of sp³-hybridized carbons (Fsp3) is 0.951. The standard InChI is InChI=1S/C61H121NO3/c1-3-5-7-9-11-13-15-17-19-21-23-25-27-29-30-31-33-34-36-38-40-42-44-46-48-50-52-54-56-60(64)59(58-63)62-61(65)57-55-53-51-49-47-45-43-41-39-37-35-32-28-26-24-22-20-18-16-14-12-10-8-6-4-2/h54,56,59-60,63-64H,3-53,55,57-58H2,1-2H3,(H,62,65)/b56-54+. The quantitative estimate of drug-likeness (QED) is 0.0421. The summed E-state index contributed by atoms with van der Waals surface area (Å²) in [6.07, 6.45) is 75.4. The van der Waals surface area contributed by atoms with E-state index in [1.54, 1.807) is 6.08 Å². The first-order valence-electron chi connectivity index (χ1n) is 30.4. The van der Waals surface area contributed by atoms with Crippen LogP contribution in [0.1, 0.15) is 354 Å². The van der Waals surface area contributed by atoms with Gasteiger partial charge in [-0.25, -0.2) is 0 Å². The lowest BCUT2D eigenvalue weighted by Crippen LogP contribution is -2.45. The van der Waals surface area contributed by atoms with Crippen LogP contribution in [0.4, 0.5) is 0 Å². The molecule has 0 aromatic heterocycles. The first kappa shape index (κ1) is 64.1. The molecule has 0 saturated heterocycles. The minimum absolute atomic E-state index is 0.0546. The minimum atomic E-state index is -0.836. The van der Waals surface area contributed by atoms with E-state index in [2.05, 4.69) is 19.2 Å². The molecule has 0 rings (SSSR count). The third-order valence-corrected chi connectivity index (χ3v) is 14.5. The second-order valence-electron chi connectivity index (χ2n) is 21.1. The molecule has 0 bridgehead atoms. The largest absolute Gasteiger partial charge is 0.394 e. The first-order valence-corrected chi connectivity index (χ1v) is 30.4. The number of aliphatic hydroxyl groups excluding tert-OH is 2. The fourth-order valence-corrected chi connectivity index (χ4v) is 9.89. The normalized spacial score (nSPS) is 12.7. The molecule has 0 aliphatic heterocycles. The number of carbonyl (C=O) groups excluding carboxylic acids is 1. The fourth-order valence-electron chi connectivity index (χ4n) is 9.89. The summed E-state index contributed by atoms with van der Waals surface area (Å²) in [4.78, 5) is 12.5. The Balaban J connectivity index is 3.43. The molecule has 1 amide bonds. The summed E-state index contributed by atoms with van der Waals surface area (Å²) in [5.41, 5.74) is 0. The topological polar surface area (TPSA) is 69.6 Å². The molecule has 4 nitrogen and oxygen atoms in total. The molecule has 2 atom stereocenters. The monoisotopic (exact) mass is 916 g/mol.